The van der Waals surface area contributed by atoms with Crippen LogP contribution in [-0.2, 0) is 32.7 Å². The molecule has 1 aliphatic carbocycles. The van der Waals surface area contributed by atoms with Crippen LogP contribution in [0.15, 0.2) is 0 Å². The van der Waals surface area contributed by atoms with Crippen LogP contribution in [0.4, 0.5) is 0 Å². The molecule has 0 spiro atoms. The fraction of sp³-hybridized carbons (Fsp3) is 0.857. The van der Waals surface area contributed by atoms with Crippen molar-refractivity contribution < 1.29 is 32.7 Å². The molecule has 0 heterocycles. The molecule has 0 amide bonds. The Hall–Kier alpha value is 1.10. The molecule has 4 atom stereocenters. The van der Waals surface area contributed by atoms with Crippen molar-refractivity contribution in [1.82, 2.24) is 0 Å². The van der Waals surface area contributed by atoms with Crippen LogP contribution in [0.1, 0.15) is 48.0 Å². The van der Waals surface area contributed by atoms with E-state index in [0.717, 1.165) is 23.7 Å². The predicted molar refractivity (Wildman–Crippen MR) is 65.8 cm³/mol. The Morgan fingerprint density at radius 1 is 0.933 bits per heavy atom. The summed E-state index contributed by atoms with van der Waals surface area (Å²) in [5, 5.41) is 0. The van der Waals surface area contributed by atoms with E-state index in [4.69, 9.17) is 0 Å². The SMILES string of the molecule is C[CH-]CC.[CH2-]C1C(C)C(C)C(C)C1C.[Y]. The molecule has 0 aromatic heterocycles. The van der Waals surface area contributed by atoms with Gasteiger partial charge in [-0.1, -0.05) is 46.5 Å². The van der Waals surface area contributed by atoms with E-state index in [2.05, 4.69) is 54.9 Å². The van der Waals surface area contributed by atoms with Gasteiger partial charge < -0.3 is 13.3 Å². The van der Waals surface area contributed by atoms with Crippen LogP contribution in [0.3, 0.4) is 0 Å². The van der Waals surface area contributed by atoms with Gasteiger partial charge in [0.1, 0.15) is 0 Å². The van der Waals surface area contributed by atoms with Crippen molar-refractivity contribution in [3.8, 4) is 0 Å². The molecule has 1 radical (unpaired) electrons. The van der Waals surface area contributed by atoms with Gasteiger partial charge in [-0.05, 0) is 11.8 Å². The Labute approximate surface area is 123 Å². The molecule has 1 rings (SSSR count). The minimum atomic E-state index is 0. The minimum Gasteiger partial charge on any atom is -0.340 e. The Morgan fingerprint density at radius 3 is 1.27 bits per heavy atom. The van der Waals surface area contributed by atoms with Crippen LogP contribution in [0.5, 0.6) is 0 Å². The molecule has 0 aromatic carbocycles. The molecule has 4 unspecified atom stereocenters. The molecular formula is C14H28Y-2. The molecule has 15 heavy (non-hydrogen) atoms. The Bertz CT molecular complexity index is 97.4. The molecule has 1 fully saturated rings. The fourth-order valence-electron chi connectivity index (χ4n) is 2.22. The molecule has 0 aromatic rings. The van der Waals surface area contributed by atoms with Gasteiger partial charge in [0.05, 0.1) is 0 Å². The van der Waals surface area contributed by atoms with E-state index in [1.165, 1.54) is 6.42 Å². The Kier molecular flexibility index (Phi) is 11.3. The van der Waals surface area contributed by atoms with Gasteiger partial charge in [-0.2, -0.15) is 19.3 Å². The van der Waals surface area contributed by atoms with Crippen molar-refractivity contribution in [2.24, 2.45) is 29.6 Å². The molecule has 1 heteroatoms. The van der Waals surface area contributed by atoms with E-state index >= 15 is 0 Å². The summed E-state index contributed by atoms with van der Waals surface area (Å²) in [7, 11) is 0. The zero-order chi connectivity index (χ0) is 11.3. The third kappa shape index (κ3) is 5.31. The molecule has 0 aliphatic heterocycles. The maximum atomic E-state index is 4.20. The maximum Gasteiger partial charge on any atom is 0 e. The third-order valence-corrected chi connectivity index (χ3v) is 4.25. The van der Waals surface area contributed by atoms with Crippen LogP contribution in [0.2, 0.25) is 0 Å². The van der Waals surface area contributed by atoms with Gasteiger partial charge >= 0.3 is 0 Å². The van der Waals surface area contributed by atoms with Crippen LogP contribution >= 0.6 is 0 Å². The van der Waals surface area contributed by atoms with Crippen molar-refractivity contribution in [3.63, 3.8) is 0 Å². The number of unbranched alkanes of at least 4 members (excludes halogenated alkanes) is 1. The molecule has 89 valence electrons. The smallest absolute Gasteiger partial charge is 0 e. The van der Waals surface area contributed by atoms with Gasteiger partial charge in [-0.25, -0.2) is 0 Å². The van der Waals surface area contributed by atoms with E-state index < -0.39 is 0 Å². The zero-order valence-electron chi connectivity index (χ0n) is 11.5. The van der Waals surface area contributed by atoms with Crippen molar-refractivity contribution >= 4 is 0 Å². The first-order valence-corrected chi connectivity index (χ1v) is 6.08. The Balaban J connectivity index is 0. The van der Waals surface area contributed by atoms with Crippen LogP contribution in [0, 0.1) is 42.9 Å². The van der Waals surface area contributed by atoms with Crippen LogP contribution in [-0.4, -0.2) is 0 Å². The monoisotopic (exact) mass is 285 g/mol. The Morgan fingerprint density at radius 2 is 1.20 bits per heavy atom. The molecule has 0 N–H and O–H groups in total. The summed E-state index contributed by atoms with van der Waals surface area (Å²) >= 11 is 0. The summed E-state index contributed by atoms with van der Waals surface area (Å²) in [6, 6.07) is 0. The molecule has 1 aliphatic rings. The van der Waals surface area contributed by atoms with Crippen molar-refractivity contribution in [2.45, 2.75) is 48.0 Å². The van der Waals surface area contributed by atoms with E-state index in [-0.39, 0.29) is 32.7 Å². The summed E-state index contributed by atoms with van der Waals surface area (Å²) in [4.78, 5) is 0. The summed E-state index contributed by atoms with van der Waals surface area (Å²) < 4.78 is 0. The normalized spacial score (nSPS) is 39.0. The largest absolute Gasteiger partial charge is 0.340 e. The predicted octanol–water partition coefficient (Wildman–Crippen LogP) is 4.61. The summed E-state index contributed by atoms with van der Waals surface area (Å²) in [6.07, 6.45) is 3.32. The van der Waals surface area contributed by atoms with Crippen molar-refractivity contribution in [3.05, 3.63) is 13.3 Å². The average Bonchev–Trinajstić information content (AvgIpc) is 2.37. The second-order valence-corrected chi connectivity index (χ2v) is 4.92. The summed E-state index contributed by atoms with van der Waals surface area (Å²) in [5.74, 6) is 4.08. The first kappa shape index (κ1) is 18.5. The minimum absolute atomic E-state index is 0. The van der Waals surface area contributed by atoms with Gasteiger partial charge in [-0.15, -0.1) is 0 Å². The fourth-order valence-corrected chi connectivity index (χ4v) is 2.22. The number of hydrogen-bond donors (Lipinski definition) is 0. The van der Waals surface area contributed by atoms with E-state index in [0.29, 0.717) is 5.92 Å². The van der Waals surface area contributed by atoms with Gasteiger partial charge in [0.15, 0.2) is 0 Å². The van der Waals surface area contributed by atoms with Crippen molar-refractivity contribution in [2.75, 3.05) is 0 Å². The van der Waals surface area contributed by atoms with Crippen molar-refractivity contribution in [1.29, 1.82) is 0 Å². The number of rotatable bonds is 1. The third-order valence-electron chi connectivity index (χ3n) is 4.25. The van der Waals surface area contributed by atoms with E-state index in [1.807, 2.05) is 0 Å². The zero-order valence-corrected chi connectivity index (χ0v) is 14.3. The standard InChI is InChI=1S/C10H19.C4H9.Y/c1-6-7(2)9(4)10(5)8(6)3;1-3-4-2;/h6-10H,1H2,2-5H3;3H,4H2,1-2H3;/q2*-1;. The van der Waals surface area contributed by atoms with Gasteiger partial charge in [0, 0.05) is 32.7 Å². The molecule has 0 nitrogen and oxygen atoms in total. The maximum absolute atomic E-state index is 4.20. The first-order chi connectivity index (χ1) is 6.47. The second kappa shape index (κ2) is 9.17. The van der Waals surface area contributed by atoms with Crippen LogP contribution < -0.4 is 0 Å². The molecule has 1 saturated carbocycles. The van der Waals surface area contributed by atoms with Gasteiger partial charge in [0.2, 0.25) is 0 Å². The first-order valence-electron chi connectivity index (χ1n) is 6.08. The quantitative estimate of drug-likeness (QED) is 0.617. The second-order valence-electron chi connectivity index (χ2n) is 4.92. The molecule has 0 bridgehead atoms. The molecule has 0 saturated heterocycles. The topological polar surface area (TPSA) is 0 Å². The number of hydrogen-bond acceptors (Lipinski definition) is 0. The van der Waals surface area contributed by atoms with E-state index in [1.54, 1.807) is 0 Å². The van der Waals surface area contributed by atoms with Gasteiger partial charge in [0.25, 0.3) is 0 Å². The van der Waals surface area contributed by atoms with Gasteiger partial charge in [-0.3, -0.25) is 0 Å². The van der Waals surface area contributed by atoms with Crippen LogP contribution in [0.25, 0.3) is 0 Å². The summed E-state index contributed by atoms with van der Waals surface area (Å²) in [6.45, 7) is 17.8. The molecular weight excluding hydrogens is 257 g/mol. The summed E-state index contributed by atoms with van der Waals surface area (Å²) in [5.41, 5.74) is 0. The average molecular weight is 285 g/mol. The van der Waals surface area contributed by atoms with E-state index in [9.17, 15) is 0 Å².